The zero-order valence-corrected chi connectivity index (χ0v) is 20.2. The van der Waals surface area contributed by atoms with Crippen molar-refractivity contribution >= 4 is 40.9 Å². The maximum Gasteiger partial charge on any atom is 0.490 e. The van der Waals surface area contributed by atoms with E-state index in [0.29, 0.717) is 0 Å². The Hall–Kier alpha value is -1.21. The zero-order chi connectivity index (χ0) is 26.1. The Morgan fingerprint density at radius 3 is 2.47 bits per heavy atom. The van der Waals surface area contributed by atoms with Crippen molar-refractivity contribution in [2.45, 2.75) is 36.3 Å². The molecule has 2 heterocycles. The maximum atomic E-state index is 12.7. The average molecular weight is 572 g/mol. The highest BCUT2D eigenvalue weighted by Gasteiger charge is 2.58. The highest BCUT2D eigenvalue weighted by Crippen LogP contribution is 2.66. The molecule has 7 N–H and O–H groups in total. The molecular weight excluding hydrogens is 554 g/mol. The van der Waals surface area contributed by atoms with Crippen LogP contribution in [0.4, 0.5) is 10.2 Å². The predicted octanol–water partition coefficient (Wildman–Crippen LogP) is -0.234. The number of nitrogens with zero attached hydrogens (tertiary/aromatic N) is 2. The van der Waals surface area contributed by atoms with Gasteiger partial charge in [0.05, 0.1) is 6.10 Å². The van der Waals surface area contributed by atoms with Crippen molar-refractivity contribution in [1.82, 2.24) is 9.55 Å². The third-order valence-electron chi connectivity index (χ3n) is 4.02. The first-order chi connectivity index (χ1) is 15.4. The number of alkyl halides is 2. The summed E-state index contributed by atoms with van der Waals surface area (Å²) in [6.07, 6.45) is -5.96. The van der Waals surface area contributed by atoms with Gasteiger partial charge in [-0.25, -0.2) is 22.9 Å². The van der Waals surface area contributed by atoms with E-state index in [9.17, 15) is 37.8 Å². The number of anilines is 1. The molecule has 0 saturated carbocycles. The molecular formula is C13H18ClFN3O13P3. The van der Waals surface area contributed by atoms with Gasteiger partial charge in [0.1, 0.15) is 24.7 Å². The lowest BCUT2D eigenvalue weighted by Gasteiger charge is -2.26. The molecule has 0 radical (unpaired) electrons. The molecule has 1 aromatic rings. The summed E-state index contributed by atoms with van der Waals surface area (Å²) in [5.74, 6) is 4.00. The number of hydrogen-bond donors (Lipinski definition) is 6. The monoisotopic (exact) mass is 571 g/mol. The Bertz CT molecular complexity index is 1180. The summed E-state index contributed by atoms with van der Waals surface area (Å²) in [4.78, 5) is 49.5. The SMILES string of the molecule is C[C@@H](OP(=O)(O)OP(=O)(O)OP(=O)(O)O)[C@H]1O[C@@H](n2ccc(N)nc2=O)C(Cl)(C#CCF)[C@H]1O. The highest BCUT2D eigenvalue weighted by atomic mass is 35.5. The van der Waals surface area contributed by atoms with E-state index >= 15 is 0 Å². The normalized spacial score (nSPS) is 29.5. The van der Waals surface area contributed by atoms with Crippen LogP contribution in [0.1, 0.15) is 13.2 Å². The first-order valence-electron chi connectivity index (χ1n) is 8.66. The number of hydrogen-bond acceptors (Lipinski definition) is 11. The number of aliphatic hydroxyl groups excluding tert-OH is 1. The largest absolute Gasteiger partial charge is 0.490 e. The van der Waals surface area contributed by atoms with Crippen LogP contribution in [0.5, 0.6) is 0 Å². The second kappa shape index (κ2) is 10.4. The quantitative estimate of drug-likeness (QED) is 0.134. The molecule has 21 heteroatoms. The smallest absolute Gasteiger partial charge is 0.387 e. The molecule has 1 aromatic heterocycles. The van der Waals surface area contributed by atoms with Crippen LogP contribution in [-0.4, -0.2) is 64.1 Å². The zero-order valence-electron chi connectivity index (χ0n) is 16.7. The van der Waals surface area contributed by atoms with Crippen molar-refractivity contribution < 1.29 is 60.6 Å². The molecule has 0 aliphatic carbocycles. The van der Waals surface area contributed by atoms with Gasteiger partial charge in [-0.15, -0.1) is 0 Å². The third-order valence-corrected chi connectivity index (χ3v) is 8.45. The lowest BCUT2D eigenvalue weighted by Crippen LogP contribution is -2.45. The van der Waals surface area contributed by atoms with Crippen molar-refractivity contribution in [3.8, 4) is 11.8 Å². The van der Waals surface area contributed by atoms with Gasteiger partial charge in [0.2, 0.25) is 0 Å². The molecule has 16 nitrogen and oxygen atoms in total. The van der Waals surface area contributed by atoms with Crippen molar-refractivity contribution in [3.05, 3.63) is 22.7 Å². The molecule has 1 aliphatic rings. The summed E-state index contributed by atoms with van der Waals surface area (Å²) in [6, 6.07) is 1.17. The summed E-state index contributed by atoms with van der Waals surface area (Å²) in [7, 11) is -17.0. The second-order valence-corrected chi connectivity index (χ2v) is 11.5. The fourth-order valence-corrected chi connectivity index (χ4v) is 6.37. The third kappa shape index (κ3) is 7.16. The number of aromatic nitrogens is 2. The number of aliphatic hydroxyl groups is 1. The van der Waals surface area contributed by atoms with E-state index in [-0.39, 0.29) is 5.82 Å². The standard InChI is InChI=1S/C13H18ClFN3O13P3/c1-7(29-33(24,25)31-34(26,27)30-32(21,22)23)9-10(19)13(14,4-2-5-15)11(28-9)18-6-3-8(16)17-12(18)20/h3,6-7,9-11,19H,5H2,1H3,(H,24,25)(H,26,27)(H2,16,17,20)(H2,21,22,23)/t7-,9-,10+,11-,13?/m1/s1. The number of halogens is 2. The second-order valence-electron chi connectivity index (χ2n) is 6.55. The molecule has 2 rings (SSSR count). The summed E-state index contributed by atoms with van der Waals surface area (Å²) >= 11 is 6.36. The lowest BCUT2D eigenvalue weighted by atomic mass is 9.96. The van der Waals surface area contributed by atoms with Crippen molar-refractivity contribution in [3.63, 3.8) is 0 Å². The number of phosphoric acid groups is 3. The fourth-order valence-electron chi connectivity index (χ4n) is 2.82. The first kappa shape index (κ1) is 29.0. The number of phosphoric ester groups is 1. The molecule has 0 amide bonds. The van der Waals surface area contributed by atoms with Gasteiger partial charge in [0, 0.05) is 6.20 Å². The molecule has 192 valence electrons. The Morgan fingerprint density at radius 2 is 1.94 bits per heavy atom. The summed E-state index contributed by atoms with van der Waals surface area (Å²) in [6.45, 7) is -0.205. The van der Waals surface area contributed by atoms with Crippen molar-refractivity contribution in [2.24, 2.45) is 0 Å². The van der Waals surface area contributed by atoms with Crippen molar-refractivity contribution in [2.75, 3.05) is 12.4 Å². The minimum atomic E-state index is -5.81. The number of nitrogen functional groups attached to an aromatic ring is 1. The minimum absolute atomic E-state index is 0.174. The number of rotatable bonds is 8. The highest BCUT2D eigenvalue weighted by molar-refractivity contribution is 7.66. The first-order valence-corrected chi connectivity index (χ1v) is 13.6. The van der Waals surface area contributed by atoms with Crippen LogP contribution in [0.15, 0.2) is 17.1 Å². The van der Waals surface area contributed by atoms with Gasteiger partial charge in [-0.3, -0.25) is 9.09 Å². The summed E-state index contributed by atoms with van der Waals surface area (Å²) < 4.78 is 65.0. The van der Waals surface area contributed by atoms with Crippen LogP contribution < -0.4 is 11.4 Å². The van der Waals surface area contributed by atoms with E-state index in [2.05, 4.69) is 24.0 Å². The van der Waals surface area contributed by atoms with E-state index in [1.807, 2.05) is 5.92 Å². The van der Waals surface area contributed by atoms with Crippen LogP contribution in [-0.2, 0) is 31.6 Å². The van der Waals surface area contributed by atoms with E-state index in [1.54, 1.807) is 0 Å². The molecule has 1 saturated heterocycles. The van der Waals surface area contributed by atoms with Gasteiger partial charge in [-0.05, 0) is 13.0 Å². The Labute approximate surface area is 194 Å². The molecule has 1 aliphatic heterocycles. The van der Waals surface area contributed by atoms with E-state index < -0.39 is 65.2 Å². The average Bonchev–Trinajstić information content (AvgIpc) is 2.88. The molecule has 1 fully saturated rings. The van der Waals surface area contributed by atoms with Gasteiger partial charge >= 0.3 is 29.2 Å². The van der Waals surface area contributed by atoms with E-state index in [1.165, 1.54) is 6.07 Å². The van der Waals surface area contributed by atoms with Gasteiger partial charge in [-0.1, -0.05) is 23.4 Å². The Kier molecular flexibility index (Phi) is 8.89. The maximum absolute atomic E-state index is 12.7. The minimum Gasteiger partial charge on any atom is -0.387 e. The van der Waals surface area contributed by atoms with Gasteiger partial charge in [0.15, 0.2) is 11.1 Å². The van der Waals surface area contributed by atoms with Gasteiger partial charge in [-0.2, -0.15) is 13.6 Å². The molecule has 3 unspecified atom stereocenters. The molecule has 34 heavy (non-hydrogen) atoms. The summed E-state index contributed by atoms with van der Waals surface area (Å²) in [5, 5.41) is 10.7. The Balaban J connectivity index is 2.34. The number of ether oxygens (including phenoxy) is 1. The lowest BCUT2D eigenvalue weighted by molar-refractivity contribution is -0.0749. The van der Waals surface area contributed by atoms with E-state index in [4.69, 9.17) is 31.9 Å². The fraction of sp³-hybridized carbons (Fsp3) is 0.538. The van der Waals surface area contributed by atoms with E-state index in [0.717, 1.165) is 17.7 Å². The van der Waals surface area contributed by atoms with Crippen LogP contribution in [0.3, 0.4) is 0 Å². The molecule has 0 bridgehead atoms. The Morgan fingerprint density at radius 1 is 1.32 bits per heavy atom. The predicted molar refractivity (Wildman–Crippen MR) is 110 cm³/mol. The number of nitrogens with two attached hydrogens (primary N) is 1. The van der Waals surface area contributed by atoms with Gasteiger partial charge < -0.3 is 35.2 Å². The van der Waals surface area contributed by atoms with Crippen molar-refractivity contribution in [1.29, 1.82) is 0 Å². The van der Waals surface area contributed by atoms with Gasteiger partial charge in [0.25, 0.3) is 0 Å². The molecule has 0 aromatic carbocycles. The van der Waals surface area contributed by atoms with Crippen LogP contribution in [0.25, 0.3) is 0 Å². The topological polar surface area (TPSA) is 250 Å². The molecule has 0 spiro atoms. The van der Waals surface area contributed by atoms with Crippen LogP contribution in [0, 0.1) is 11.8 Å². The van der Waals surface area contributed by atoms with Crippen LogP contribution >= 0.6 is 35.1 Å². The van der Waals surface area contributed by atoms with Crippen LogP contribution in [0.2, 0.25) is 0 Å². The molecule has 7 atom stereocenters. The summed E-state index contributed by atoms with van der Waals surface area (Å²) in [5.41, 5.74) is 4.41.